The molecule has 0 bridgehead atoms. The van der Waals surface area contributed by atoms with E-state index in [2.05, 4.69) is 39.8 Å². The molecule has 0 unspecified atom stereocenters. The number of rotatable bonds is 6. The van der Waals surface area contributed by atoms with E-state index in [1.807, 2.05) is 44.2 Å². The average Bonchev–Trinajstić information content (AvgIpc) is 3.16. The van der Waals surface area contributed by atoms with Crippen molar-refractivity contribution < 1.29 is 9.53 Å². The largest absolute Gasteiger partial charge is 0.383 e. The van der Waals surface area contributed by atoms with E-state index in [9.17, 15) is 4.79 Å². The number of ether oxygens (including phenoxy) is 1. The number of pyridine rings is 1. The lowest BCUT2D eigenvalue weighted by molar-refractivity contribution is 0.159. The van der Waals surface area contributed by atoms with Gasteiger partial charge in [0, 0.05) is 38.0 Å². The van der Waals surface area contributed by atoms with Crippen molar-refractivity contribution in [3.8, 4) is 0 Å². The van der Waals surface area contributed by atoms with Crippen molar-refractivity contribution in [3.63, 3.8) is 0 Å². The first-order valence-corrected chi connectivity index (χ1v) is 10.8. The zero-order valence-electron chi connectivity index (χ0n) is 18.4. The van der Waals surface area contributed by atoms with Gasteiger partial charge in [0.05, 0.1) is 29.5 Å². The van der Waals surface area contributed by atoms with Crippen LogP contribution in [0, 0.1) is 13.8 Å². The van der Waals surface area contributed by atoms with E-state index >= 15 is 0 Å². The molecule has 0 spiro atoms. The Morgan fingerprint density at radius 1 is 1.13 bits per heavy atom. The second-order valence-corrected chi connectivity index (χ2v) is 8.24. The molecule has 162 valence electrons. The molecule has 2 aromatic carbocycles. The fraction of sp³-hybridized carbons (Fsp3) is 0.360. The number of hydrogen-bond acceptors (Lipinski definition) is 4. The van der Waals surface area contributed by atoms with E-state index in [1.165, 1.54) is 5.56 Å². The summed E-state index contributed by atoms with van der Waals surface area (Å²) in [4.78, 5) is 20.0. The molecule has 1 aliphatic heterocycles. The highest BCUT2D eigenvalue weighted by atomic mass is 16.5. The van der Waals surface area contributed by atoms with Gasteiger partial charge in [-0.2, -0.15) is 0 Å². The highest BCUT2D eigenvalue weighted by Gasteiger charge is 2.34. The van der Waals surface area contributed by atoms with Gasteiger partial charge >= 0.3 is 6.03 Å². The normalized spacial score (nSPS) is 18.9. The molecule has 2 heterocycles. The van der Waals surface area contributed by atoms with Crippen molar-refractivity contribution in [1.82, 2.24) is 15.2 Å². The Hall–Kier alpha value is -2.96. The number of urea groups is 1. The number of nitrogens with one attached hydrogen (secondary N) is 2. The van der Waals surface area contributed by atoms with Crippen molar-refractivity contribution in [1.29, 1.82) is 0 Å². The summed E-state index contributed by atoms with van der Waals surface area (Å²) in [6, 6.07) is 18.3. The second-order valence-electron chi connectivity index (χ2n) is 8.24. The minimum absolute atomic E-state index is 0.0234. The third-order valence-electron chi connectivity index (χ3n) is 6.04. The fourth-order valence-electron chi connectivity index (χ4n) is 4.36. The van der Waals surface area contributed by atoms with Crippen LogP contribution in [0.1, 0.15) is 22.7 Å². The Morgan fingerprint density at radius 3 is 2.71 bits per heavy atom. The van der Waals surface area contributed by atoms with E-state index in [0.29, 0.717) is 6.61 Å². The van der Waals surface area contributed by atoms with E-state index in [-0.39, 0.29) is 18.0 Å². The first kappa shape index (κ1) is 21.3. The van der Waals surface area contributed by atoms with Crippen LogP contribution in [0.25, 0.3) is 10.9 Å². The Bertz CT molecular complexity index is 1050. The van der Waals surface area contributed by atoms with Crippen LogP contribution < -0.4 is 10.6 Å². The maximum absolute atomic E-state index is 12.9. The molecule has 4 rings (SSSR count). The van der Waals surface area contributed by atoms with E-state index in [1.54, 1.807) is 7.11 Å². The number of amides is 2. The quantitative estimate of drug-likeness (QED) is 0.633. The lowest BCUT2D eigenvalue weighted by Gasteiger charge is -2.21. The van der Waals surface area contributed by atoms with Gasteiger partial charge in [-0.1, -0.05) is 48.5 Å². The number of methoxy groups -OCH3 is 1. The molecule has 1 aliphatic rings. The van der Waals surface area contributed by atoms with Gasteiger partial charge in [0.2, 0.25) is 0 Å². The standard InChI is InChI=1S/C25H30N4O2/c1-17-8-7-11-20-14-22(18(2)26-24(17)20)27-25(30)28-23-16-29(12-13-31-3)15-21(23)19-9-5-4-6-10-19/h4-11,14,21,23H,12-13,15-16H2,1-3H3,(H2,27,28,30)/t21-,23+/m0/s1. The van der Waals surface area contributed by atoms with E-state index in [4.69, 9.17) is 9.72 Å². The number of aromatic nitrogens is 1. The summed E-state index contributed by atoms with van der Waals surface area (Å²) in [6.07, 6.45) is 0. The number of carbonyl (C=O) groups is 1. The van der Waals surface area contributed by atoms with Crippen molar-refractivity contribution in [2.24, 2.45) is 0 Å². The van der Waals surface area contributed by atoms with Crippen molar-refractivity contribution >= 4 is 22.6 Å². The lowest BCUT2D eigenvalue weighted by atomic mass is 9.94. The van der Waals surface area contributed by atoms with Crippen LogP contribution in [-0.4, -0.2) is 55.3 Å². The Balaban J connectivity index is 1.49. The molecule has 6 heteroatoms. The third kappa shape index (κ3) is 4.86. The summed E-state index contributed by atoms with van der Waals surface area (Å²) in [6.45, 7) is 7.21. The molecule has 3 aromatic rings. The molecular formula is C25H30N4O2. The van der Waals surface area contributed by atoms with Gasteiger partial charge in [-0.25, -0.2) is 4.79 Å². The van der Waals surface area contributed by atoms with Gasteiger partial charge in [-0.15, -0.1) is 0 Å². The minimum atomic E-state index is -0.198. The summed E-state index contributed by atoms with van der Waals surface area (Å²) < 4.78 is 5.25. The number of aryl methyl sites for hydroxylation is 2. The Kier molecular flexibility index (Phi) is 6.49. The van der Waals surface area contributed by atoms with Crippen molar-refractivity contribution in [3.05, 3.63) is 71.4 Å². The van der Waals surface area contributed by atoms with Crippen LogP contribution in [0.5, 0.6) is 0 Å². The van der Waals surface area contributed by atoms with E-state index in [0.717, 1.165) is 47.5 Å². The molecule has 0 radical (unpaired) electrons. The molecule has 0 saturated carbocycles. The molecule has 6 nitrogen and oxygen atoms in total. The molecule has 2 N–H and O–H groups in total. The molecule has 2 atom stereocenters. The molecule has 1 fully saturated rings. The van der Waals surface area contributed by atoms with Gasteiger partial charge in [0.15, 0.2) is 0 Å². The van der Waals surface area contributed by atoms with Crippen molar-refractivity contribution in [2.75, 3.05) is 38.7 Å². The fourth-order valence-corrected chi connectivity index (χ4v) is 4.36. The highest BCUT2D eigenvalue weighted by molar-refractivity contribution is 5.93. The van der Waals surface area contributed by atoms with Gasteiger partial charge < -0.3 is 15.4 Å². The molecule has 31 heavy (non-hydrogen) atoms. The predicted molar refractivity (Wildman–Crippen MR) is 125 cm³/mol. The molecule has 2 amide bonds. The SMILES string of the molecule is COCCN1C[C@@H](NC(=O)Nc2cc3cccc(C)c3nc2C)[C@H](c2ccccc2)C1. The summed E-state index contributed by atoms with van der Waals surface area (Å²) in [5.74, 6) is 0.238. The second kappa shape index (κ2) is 9.45. The third-order valence-corrected chi connectivity index (χ3v) is 6.04. The summed E-state index contributed by atoms with van der Waals surface area (Å²) in [5.41, 5.74) is 4.89. The number of carbonyl (C=O) groups excluding carboxylic acids is 1. The van der Waals surface area contributed by atoms with Gasteiger partial charge in [-0.05, 0) is 31.0 Å². The Morgan fingerprint density at radius 2 is 1.94 bits per heavy atom. The monoisotopic (exact) mass is 418 g/mol. The maximum atomic E-state index is 12.9. The van der Waals surface area contributed by atoms with Crippen LogP contribution in [0.15, 0.2) is 54.6 Å². The van der Waals surface area contributed by atoms with Crippen LogP contribution >= 0.6 is 0 Å². The molecular weight excluding hydrogens is 388 g/mol. The smallest absolute Gasteiger partial charge is 0.319 e. The van der Waals surface area contributed by atoms with E-state index < -0.39 is 0 Å². The zero-order chi connectivity index (χ0) is 21.8. The van der Waals surface area contributed by atoms with Gasteiger partial charge in [0.25, 0.3) is 0 Å². The zero-order valence-corrected chi connectivity index (χ0v) is 18.4. The van der Waals surface area contributed by atoms with Crippen LogP contribution in [0.2, 0.25) is 0 Å². The van der Waals surface area contributed by atoms with Gasteiger partial charge in [0.1, 0.15) is 0 Å². The number of benzene rings is 2. The molecule has 0 aliphatic carbocycles. The first-order valence-electron chi connectivity index (χ1n) is 10.8. The number of anilines is 1. The maximum Gasteiger partial charge on any atom is 0.319 e. The molecule has 1 aromatic heterocycles. The van der Waals surface area contributed by atoms with Crippen LogP contribution in [0.4, 0.5) is 10.5 Å². The van der Waals surface area contributed by atoms with Gasteiger partial charge in [-0.3, -0.25) is 9.88 Å². The number of hydrogen-bond donors (Lipinski definition) is 2. The minimum Gasteiger partial charge on any atom is -0.383 e. The molecule has 1 saturated heterocycles. The Labute approximate surface area is 183 Å². The number of fused-ring (bicyclic) bond motifs is 1. The first-order chi connectivity index (χ1) is 15.0. The summed E-state index contributed by atoms with van der Waals surface area (Å²) in [5, 5.41) is 7.25. The predicted octanol–water partition coefficient (Wildman–Crippen LogP) is 4.09. The summed E-state index contributed by atoms with van der Waals surface area (Å²) >= 11 is 0. The van der Waals surface area contributed by atoms with Crippen LogP contribution in [-0.2, 0) is 4.74 Å². The lowest BCUT2D eigenvalue weighted by Crippen LogP contribution is -2.42. The average molecular weight is 419 g/mol. The highest BCUT2D eigenvalue weighted by Crippen LogP contribution is 2.28. The van der Waals surface area contributed by atoms with Crippen LogP contribution in [0.3, 0.4) is 0 Å². The number of likely N-dealkylation sites (tertiary alicyclic amines) is 1. The summed E-state index contributed by atoms with van der Waals surface area (Å²) in [7, 11) is 1.72. The number of nitrogens with zero attached hydrogens (tertiary/aromatic N) is 2. The van der Waals surface area contributed by atoms with Crippen molar-refractivity contribution in [2.45, 2.75) is 25.8 Å². The topological polar surface area (TPSA) is 66.5 Å². The number of para-hydroxylation sites is 1.